The summed E-state index contributed by atoms with van der Waals surface area (Å²) in [6.45, 7) is 1.85. The van der Waals surface area contributed by atoms with E-state index in [1.807, 2.05) is 25.1 Å². The van der Waals surface area contributed by atoms with E-state index in [1.165, 1.54) is 24.3 Å². The highest BCUT2D eigenvalue weighted by molar-refractivity contribution is 5.99. The van der Waals surface area contributed by atoms with E-state index >= 15 is 0 Å². The van der Waals surface area contributed by atoms with Crippen LogP contribution in [0.4, 0.5) is 28.7 Å². The zero-order valence-corrected chi connectivity index (χ0v) is 17.6. The molecule has 0 aliphatic carbocycles. The third-order valence-corrected chi connectivity index (χ3v) is 4.77. The van der Waals surface area contributed by atoms with Gasteiger partial charge in [0.15, 0.2) is 0 Å². The molecule has 0 radical (unpaired) electrons. The summed E-state index contributed by atoms with van der Waals surface area (Å²) in [5.41, 5.74) is 5.43. The second kappa shape index (κ2) is 9.12. The molecule has 3 N–H and O–H groups in total. The van der Waals surface area contributed by atoms with Gasteiger partial charge in [-0.15, -0.1) is 0 Å². The van der Waals surface area contributed by atoms with E-state index in [0.717, 1.165) is 17.4 Å². The lowest BCUT2D eigenvalue weighted by Crippen LogP contribution is -2.30. The van der Waals surface area contributed by atoms with Crippen LogP contribution in [0.25, 0.3) is 10.9 Å². The van der Waals surface area contributed by atoms with Crippen molar-refractivity contribution in [2.24, 2.45) is 0 Å². The topological polar surface area (TPSA) is 178 Å². The van der Waals surface area contributed by atoms with E-state index < -0.39 is 27.1 Å². The minimum atomic E-state index is -0.870. The number of benzene rings is 2. The van der Waals surface area contributed by atoms with Gasteiger partial charge < -0.3 is 5.32 Å². The molecule has 0 bridgehead atoms. The van der Waals surface area contributed by atoms with Crippen molar-refractivity contribution in [3.05, 3.63) is 92.4 Å². The van der Waals surface area contributed by atoms with Crippen molar-refractivity contribution in [3.8, 4) is 0 Å². The van der Waals surface area contributed by atoms with Gasteiger partial charge in [-0.1, -0.05) is 18.2 Å². The van der Waals surface area contributed by atoms with Gasteiger partial charge in [-0.05, 0) is 37.3 Å². The second-order valence-electron chi connectivity index (χ2n) is 6.98. The van der Waals surface area contributed by atoms with Crippen LogP contribution in [0.2, 0.25) is 0 Å². The normalized spacial score (nSPS) is 10.5. The number of amides is 1. The van der Waals surface area contributed by atoms with E-state index in [9.17, 15) is 25.0 Å². The van der Waals surface area contributed by atoms with E-state index in [2.05, 4.69) is 31.1 Å². The van der Waals surface area contributed by atoms with Gasteiger partial charge >= 0.3 is 5.69 Å². The molecule has 0 saturated carbocycles. The molecule has 2 aromatic carbocycles. The third-order valence-electron chi connectivity index (χ3n) is 4.77. The van der Waals surface area contributed by atoms with Crippen LogP contribution >= 0.6 is 0 Å². The average Bonchev–Trinajstić information content (AvgIpc) is 2.82. The van der Waals surface area contributed by atoms with Crippen LogP contribution in [0.15, 0.2) is 60.9 Å². The predicted molar refractivity (Wildman–Crippen MR) is 123 cm³/mol. The molecule has 1 amide bonds. The monoisotopic (exact) mass is 460 g/mol. The molecule has 4 aromatic rings. The minimum absolute atomic E-state index is 0.129. The van der Waals surface area contributed by atoms with Gasteiger partial charge in [-0.25, -0.2) is 9.97 Å². The summed E-state index contributed by atoms with van der Waals surface area (Å²) in [7, 11) is 0. The Balaban J connectivity index is 1.63. The van der Waals surface area contributed by atoms with Crippen molar-refractivity contribution in [2.75, 3.05) is 10.7 Å². The number of para-hydroxylation sites is 1. The Bertz CT molecular complexity index is 1440. The molecule has 0 spiro atoms. The second-order valence-corrected chi connectivity index (χ2v) is 6.98. The highest BCUT2D eigenvalue weighted by Crippen LogP contribution is 2.33. The first-order valence-corrected chi connectivity index (χ1v) is 9.77. The zero-order chi connectivity index (χ0) is 24.2. The Hall–Kier alpha value is -5.20. The number of rotatable bonds is 7. The fraction of sp³-hybridized carbons (Fsp3) is 0.0476. The van der Waals surface area contributed by atoms with Crippen molar-refractivity contribution >= 4 is 45.5 Å². The first-order valence-electron chi connectivity index (χ1n) is 9.77. The SMILES string of the molecule is Cc1ccc2c(Nc3ncnc(NNC(=O)c4ccccc4[N+](=O)[O-])c3[N+](=O)[O-])cccc2n1. The first kappa shape index (κ1) is 22.0. The maximum Gasteiger partial charge on any atom is 0.355 e. The maximum absolute atomic E-state index is 12.5. The van der Waals surface area contributed by atoms with E-state index in [-0.39, 0.29) is 17.2 Å². The van der Waals surface area contributed by atoms with Crippen LogP contribution in [-0.4, -0.2) is 30.7 Å². The quantitative estimate of drug-likeness (QED) is 0.272. The van der Waals surface area contributed by atoms with Crippen molar-refractivity contribution in [1.82, 2.24) is 20.4 Å². The number of carbonyl (C=O) groups is 1. The maximum atomic E-state index is 12.5. The van der Waals surface area contributed by atoms with Gasteiger partial charge in [0, 0.05) is 22.8 Å². The van der Waals surface area contributed by atoms with Crippen LogP contribution in [0, 0.1) is 27.2 Å². The summed E-state index contributed by atoms with van der Waals surface area (Å²) in [5, 5.41) is 26.6. The molecule has 13 nitrogen and oxygen atoms in total. The van der Waals surface area contributed by atoms with Gasteiger partial charge in [-0.2, -0.15) is 0 Å². The Labute approximate surface area is 191 Å². The lowest BCUT2D eigenvalue weighted by atomic mass is 10.1. The molecular weight excluding hydrogens is 444 g/mol. The highest BCUT2D eigenvalue weighted by atomic mass is 16.6. The van der Waals surface area contributed by atoms with E-state index in [0.29, 0.717) is 11.2 Å². The van der Waals surface area contributed by atoms with E-state index in [1.54, 1.807) is 12.1 Å². The number of nitrogens with zero attached hydrogens (tertiary/aromatic N) is 5. The third kappa shape index (κ3) is 4.38. The predicted octanol–water partition coefficient (Wildman–Crippen LogP) is 3.65. The Morgan fingerprint density at radius 1 is 0.912 bits per heavy atom. The Morgan fingerprint density at radius 2 is 1.68 bits per heavy atom. The number of hydrazine groups is 1. The van der Waals surface area contributed by atoms with Gasteiger partial charge in [0.05, 0.1) is 15.4 Å². The largest absolute Gasteiger partial charge is 0.355 e. The number of nitro benzene ring substituents is 1. The molecule has 2 aromatic heterocycles. The highest BCUT2D eigenvalue weighted by Gasteiger charge is 2.25. The number of aromatic nitrogens is 3. The van der Waals surface area contributed by atoms with Crippen molar-refractivity contribution < 1.29 is 14.6 Å². The fourth-order valence-corrected chi connectivity index (χ4v) is 3.24. The summed E-state index contributed by atoms with van der Waals surface area (Å²) in [6, 6.07) is 14.2. The Morgan fingerprint density at radius 3 is 2.44 bits per heavy atom. The van der Waals surface area contributed by atoms with Crippen molar-refractivity contribution in [3.63, 3.8) is 0 Å². The van der Waals surface area contributed by atoms with Crippen LogP contribution in [-0.2, 0) is 0 Å². The average molecular weight is 460 g/mol. The molecule has 0 aliphatic heterocycles. The van der Waals surface area contributed by atoms with Gasteiger partial charge in [-0.3, -0.25) is 40.9 Å². The standard InChI is InChI=1S/C21H16N8O5/c1-12-9-10-13-15(24-12)6-4-7-16(13)25-19-18(29(33)34)20(23-11-22-19)26-27-21(30)14-5-2-3-8-17(14)28(31)32/h2-11H,1H3,(H,27,30)(H2,22,23,25,26). The number of anilines is 3. The van der Waals surface area contributed by atoms with Crippen molar-refractivity contribution in [1.29, 1.82) is 0 Å². The molecule has 170 valence electrons. The van der Waals surface area contributed by atoms with Crippen LogP contribution in [0.3, 0.4) is 0 Å². The number of fused-ring (bicyclic) bond motifs is 1. The number of carbonyl (C=O) groups excluding carboxylic acids is 1. The molecule has 4 rings (SSSR count). The van der Waals surface area contributed by atoms with Crippen LogP contribution in [0.1, 0.15) is 16.1 Å². The van der Waals surface area contributed by atoms with Gasteiger partial charge in [0.2, 0.25) is 11.6 Å². The number of hydrogen-bond acceptors (Lipinski definition) is 10. The molecule has 2 heterocycles. The first-order chi connectivity index (χ1) is 16.3. The van der Waals surface area contributed by atoms with Gasteiger partial charge in [0.1, 0.15) is 11.9 Å². The fourth-order valence-electron chi connectivity index (χ4n) is 3.24. The molecule has 0 atom stereocenters. The molecular formula is C21H16N8O5. The van der Waals surface area contributed by atoms with Crippen LogP contribution < -0.4 is 16.2 Å². The smallest absolute Gasteiger partial charge is 0.334 e. The molecule has 0 unspecified atom stereocenters. The summed E-state index contributed by atoms with van der Waals surface area (Å²) < 4.78 is 0. The summed E-state index contributed by atoms with van der Waals surface area (Å²) in [4.78, 5) is 46.3. The summed E-state index contributed by atoms with van der Waals surface area (Å²) in [5.74, 6) is -1.32. The van der Waals surface area contributed by atoms with Gasteiger partial charge in [0.25, 0.3) is 11.6 Å². The number of aryl methyl sites for hydroxylation is 1. The molecule has 13 heteroatoms. The molecule has 0 aliphatic rings. The number of nitrogens with one attached hydrogen (secondary N) is 3. The molecule has 0 saturated heterocycles. The molecule has 0 fully saturated rings. The summed E-state index contributed by atoms with van der Waals surface area (Å²) in [6.07, 6.45) is 1.07. The van der Waals surface area contributed by atoms with Crippen LogP contribution in [0.5, 0.6) is 0 Å². The minimum Gasteiger partial charge on any atom is -0.334 e. The number of pyridine rings is 1. The number of nitro groups is 2. The Kier molecular flexibility index (Phi) is 5.90. The lowest BCUT2D eigenvalue weighted by molar-refractivity contribution is -0.385. The zero-order valence-electron chi connectivity index (χ0n) is 17.6. The lowest BCUT2D eigenvalue weighted by Gasteiger charge is -2.12. The molecule has 34 heavy (non-hydrogen) atoms. The summed E-state index contributed by atoms with van der Waals surface area (Å²) >= 11 is 0. The van der Waals surface area contributed by atoms with E-state index in [4.69, 9.17) is 0 Å². The number of hydrogen-bond donors (Lipinski definition) is 3. The van der Waals surface area contributed by atoms with Crippen molar-refractivity contribution in [2.45, 2.75) is 6.92 Å².